The fourth-order valence-corrected chi connectivity index (χ4v) is 2.47. The Morgan fingerprint density at radius 2 is 2.00 bits per heavy atom. The quantitative estimate of drug-likeness (QED) is 0.733. The standard InChI is InChI=1S/C16H18BrN3O/c1-10(19-11(2)21)12-6-7-16(15(18)8-12)20-14-5-3-4-13(17)9-14/h3-10,20H,18H2,1-2H3,(H,19,21). The highest BCUT2D eigenvalue weighted by Gasteiger charge is 2.09. The summed E-state index contributed by atoms with van der Waals surface area (Å²) < 4.78 is 1.00. The van der Waals surface area contributed by atoms with E-state index in [0.717, 1.165) is 21.4 Å². The Morgan fingerprint density at radius 3 is 2.62 bits per heavy atom. The molecule has 1 atom stereocenters. The number of hydrogen-bond donors (Lipinski definition) is 3. The van der Waals surface area contributed by atoms with Gasteiger partial charge in [0.15, 0.2) is 0 Å². The molecule has 0 aromatic heterocycles. The van der Waals surface area contributed by atoms with Crippen LogP contribution in [0.2, 0.25) is 0 Å². The zero-order valence-electron chi connectivity index (χ0n) is 12.0. The molecule has 0 spiro atoms. The molecule has 110 valence electrons. The summed E-state index contributed by atoms with van der Waals surface area (Å²) in [6.45, 7) is 3.43. The van der Waals surface area contributed by atoms with Gasteiger partial charge in [0.25, 0.3) is 0 Å². The molecule has 0 fully saturated rings. The number of benzene rings is 2. The maximum atomic E-state index is 11.1. The van der Waals surface area contributed by atoms with Crippen LogP contribution in [0.5, 0.6) is 0 Å². The minimum absolute atomic E-state index is 0.0580. The first-order chi connectivity index (χ1) is 9.95. The van der Waals surface area contributed by atoms with Crippen LogP contribution >= 0.6 is 15.9 Å². The third-order valence-corrected chi connectivity index (χ3v) is 3.59. The molecule has 0 radical (unpaired) electrons. The van der Waals surface area contributed by atoms with Crippen LogP contribution < -0.4 is 16.4 Å². The van der Waals surface area contributed by atoms with Crippen LogP contribution in [0.3, 0.4) is 0 Å². The summed E-state index contributed by atoms with van der Waals surface area (Å²) in [6, 6.07) is 13.6. The molecule has 0 aliphatic heterocycles. The highest BCUT2D eigenvalue weighted by Crippen LogP contribution is 2.27. The Hall–Kier alpha value is -2.01. The van der Waals surface area contributed by atoms with Gasteiger partial charge in [0.2, 0.25) is 5.91 Å². The zero-order chi connectivity index (χ0) is 15.4. The highest BCUT2D eigenvalue weighted by molar-refractivity contribution is 9.10. The number of carbonyl (C=O) groups is 1. The third kappa shape index (κ3) is 4.23. The summed E-state index contributed by atoms with van der Waals surface area (Å²) >= 11 is 3.44. The lowest BCUT2D eigenvalue weighted by Crippen LogP contribution is -2.23. The van der Waals surface area contributed by atoms with Crippen LogP contribution in [0.4, 0.5) is 17.1 Å². The number of halogens is 1. The van der Waals surface area contributed by atoms with Crippen LogP contribution in [0, 0.1) is 0 Å². The first-order valence-corrected chi connectivity index (χ1v) is 7.44. The van der Waals surface area contributed by atoms with Crippen molar-refractivity contribution >= 4 is 38.9 Å². The number of carbonyl (C=O) groups excluding carboxylic acids is 1. The van der Waals surface area contributed by atoms with Crippen molar-refractivity contribution in [2.24, 2.45) is 0 Å². The Labute approximate surface area is 132 Å². The molecule has 0 saturated carbocycles. The zero-order valence-corrected chi connectivity index (χ0v) is 13.6. The lowest BCUT2D eigenvalue weighted by Gasteiger charge is -2.16. The topological polar surface area (TPSA) is 67.2 Å². The van der Waals surface area contributed by atoms with E-state index in [1.54, 1.807) is 0 Å². The molecule has 0 aliphatic carbocycles. The van der Waals surface area contributed by atoms with Gasteiger partial charge >= 0.3 is 0 Å². The molecule has 4 nitrogen and oxygen atoms in total. The van der Waals surface area contributed by atoms with Gasteiger partial charge in [0.05, 0.1) is 17.4 Å². The Balaban J connectivity index is 2.17. The van der Waals surface area contributed by atoms with Gasteiger partial charge in [-0.05, 0) is 42.8 Å². The van der Waals surface area contributed by atoms with E-state index in [0.29, 0.717) is 5.69 Å². The van der Waals surface area contributed by atoms with E-state index in [-0.39, 0.29) is 11.9 Å². The van der Waals surface area contributed by atoms with E-state index in [4.69, 9.17) is 5.73 Å². The van der Waals surface area contributed by atoms with Gasteiger partial charge in [-0.1, -0.05) is 28.1 Å². The molecule has 2 rings (SSSR count). The molecule has 1 unspecified atom stereocenters. The number of amides is 1. The number of anilines is 3. The fraction of sp³-hybridized carbons (Fsp3) is 0.188. The number of nitrogens with two attached hydrogens (primary N) is 1. The molecule has 2 aromatic carbocycles. The van der Waals surface area contributed by atoms with Crippen molar-refractivity contribution in [1.82, 2.24) is 5.32 Å². The average Bonchev–Trinajstić information content (AvgIpc) is 2.40. The summed E-state index contributed by atoms with van der Waals surface area (Å²) in [6.07, 6.45) is 0. The highest BCUT2D eigenvalue weighted by atomic mass is 79.9. The summed E-state index contributed by atoms with van der Waals surface area (Å²) in [5.74, 6) is -0.0580. The van der Waals surface area contributed by atoms with Crippen LogP contribution in [-0.2, 0) is 4.79 Å². The normalized spacial score (nSPS) is 11.8. The van der Waals surface area contributed by atoms with Gasteiger partial charge < -0.3 is 16.4 Å². The maximum Gasteiger partial charge on any atom is 0.217 e. The molecule has 4 N–H and O–H groups in total. The van der Waals surface area contributed by atoms with E-state index >= 15 is 0 Å². The molecule has 0 aliphatic rings. The summed E-state index contributed by atoms with van der Waals surface area (Å²) in [5, 5.41) is 6.12. The van der Waals surface area contributed by atoms with Crippen molar-refractivity contribution < 1.29 is 4.79 Å². The van der Waals surface area contributed by atoms with Crippen molar-refractivity contribution in [2.75, 3.05) is 11.1 Å². The van der Waals surface area contributed by atoms with Gasteiger partial charge in [-0.25, -0.2) is 0 Å². The summed E-state index contributed by atoms with van der Waals surface area (Å²) in [4.78, 5) is 11.1. The first-order valence-electron chi connectivity index (χ1n) is 6.65. The van der Waals surface area contributed by atoms with Crippen LogP contribution in [0.1, 0.15) is 25.5 Å². The van der Waals surface area contributed by atoms with Gasteiger partial charge in [-0.3, -0.25) is 4.79 Å². The SMILES string of the molecule is CC(=O)NC(C)c1ccc(Nc2cccc(Br)c2)c(N)c1. The Morgan fingerprint density at radius 1 is 1.24 bits per heavy atom. The minimum atomic E-state index is -0.0651. The monoisotopic (exact) mass is 347 g/mol. The van der Waals surface area contributed by atoms with Crippen LogP contribution in [0.25, 0.3) is 0 Å². The lowest BCUT2D eigenvalue weighted by atomic mass is 10.1. The number of nitrogens with one attached hydrogen (secondary N) is 2. The van der Waals surface area contributed by atoms with Crippen molar-refractivity contribution in [3.05, 3.63) is 52.5 Å². The van der Waals surface area contributed by atoms with Gasteiger partial charge in [-0.2, -0.15) is 0 Å². The summed E-state index contributed by atoms with van der Waals surface area (Å²) in [5.41, 5.74) is 9.50. The second-order valence-electron chi connectivity index (χ2n) is 4.90. The third-order valence-electron chi connectivity index (χ3n) is 3.10. The molecule has 1 amide bonds. The van der Waals surface area contributed by atoms with Gasteiger partial charge in [0, 0.05) is 17.1 Å². The van der Waals surface area contributed by atoms with E-state index in [9.17, 15) is 4.79 Å². The average molecular weight is 348 g/mol. The van der Waals surface area contributed by atoms with E-state index in [1.165, 1.54) is 6.92 Å². The first kappa shape index (κ1) is 15.4. The van der Waals surface area contributed by atoms with Crippen molar-refractivity contribution in [3.8, 4) is 0 Å². The maximum absolute atomic E-state index is 11.1. The second-order valence-corrected chi connectivity index (χ2v) is 5.82. The molecule has 21 heavy (non-hydrogen) atoms. The van der Waals surface area contributed by atoms with Crippen molar-refractivity contribution in [3.63, 3.8) is 0 Å². The second kappa shape index (κ2) is 6.63. The van der Waals surface area contributed by atoms with Crippen molar-refractivity contribution in [2.45, 2.75) is 19.9 Å². The molecule has 2 aromatic rings. The Kier molecular flexibility index (Phi) is 4.85. The predicted octanol–water partition coefficient (Wildman–Crippen LogP) is 3.97. The fourth-order valence-electron chi connectivity index (χ4n) is 2.07. The van der Waals surface area contributed by atoms with E-state index < -0.39 is 0 Å². The molecular weight excluding hydrogens is 330 g/mol. The van der Waals surface area contributed by atoms with Gasteiger partial charge in [-0.15, -0.1) is 0 Å². The van der Waals surface area contributed by atoms with Crippen LogP contribution in [-0.4, -0.2) is 5.91 Å². The minimum Gasteiger partial charge on any atom is -0.397 e. The number of hydrogen-bond acceptors (Lipinski definition) is 3. The predicted molar refractivity (Wildman–Crippen MR) is 90.5 cm³/mol. The smallest absolute Gasteiger partial charge is 0.217 e. The molecule has 0 heterocycles. The molecule has 5 heteroatoms. The summed E-state index contributed by atoms with van der Waals surface area (Å²) in [7, 11) is 0. The van der Waals surface area contributed by atoms with E-state index in [2.05, 4.69) is 26.6 Å². The van der Waals surface area contributed by atoms with E-state index in [1.807, 2.05) is 49.4 Å². The van der Waals surface area contributed by atoms with Crippen molar-refractivity contribution in [1.29, 1.82) is 0 Å². The number of nitrogen functional groups attached to an aromatic ring is 1. The largest absolute Gasteiger partial charge is 0.397 e. The molecular formula is C16H18BrN3O. The van der Waals surface area contributed by atoms with Crippen LogP contribution in [0.15, 0.2) is 46.9 Å². The molecule has 0 bridgehead atoms. The Bertz CT molecular complexity index is 658. The molecule has 0 saturated heterocycles. The van der Waals surface area contributed by atoms with Gasteiger partial charge in [0.1, 0.15) is 0 Å². The number of rotatable bonds is 4. The lowest BCUT2D eigenvalue weighted by molar-refractivity contribution is -0.119.